The van der Waals surface area contributed by atoms with Crippen molar-refractivity contribution in [1.82, 2.24) is 4.31 Å². The summed E-state index contributed by atoms with van der Waals surface area (Å²) in [7, 11) is -3.39. The van der Waals surface area contributed by atoms with E-state index in [1.807, 2.05) is 19.1 Å². The van der Waals surface area contributed by atoms with Crippen LogP contribution in [0.2, 0.25) is 0 Å². The topological polar surface area (TPSA) is 37.4 Å². The molecule has 1 aliphatic rings. The van der Waals surface area contributed by atoms with E-state index in [0.717, 1.165) is 24.8 Å². The molecule has 1 aromatic rings. The van der Waals surface area contributed by atoms with Gasteiger partial charge in [-0.15, -0.1) is 0 Å². The van der Waals surface area contributed by atoms with Gasteiger partial charge >= 0.3 is 0 Å². The van der Waals surface area contributed by atoms with Gasteiger partial charge in [-0.3, -0.25) is 0 Å². The predicted octanol–water partition coefficient (Wildman–Crippen LogP) is 4.75. The first-order chi connectivity index (χ1) is 10.8. The van der Waals surface area contributed by atoms with Crippen LogP contribution >= 0.6 is 0 Å². The zero-order valence-corrected chi connectivity index (χ0v) is 15.8. The van der Waals surface area contributed by atoms with Gasteiger partial charge in [-0.2, -0.15) is 4.31 Å². The highest BCUT2D eigenvalue weighted by atomic mass is 32.2. The number of rotatable bonds is 7. The third kappa shape index (κ3) is 4.57. The summed E-state index contributed by atoms with van der Waals surface area (Å²) in [5.74, 6) is 0. The van der Waals surface area contributed by atoms with Gasteiger partial charge in [0.05, 0.1) is 4.90 Å². The fourth-order valence-corrected chi connectivity index (χ4v) is 5.38. The van der Waals surface area contributed by atoms with Crippen LogP contribution < -0.4 is 0 Å². The maximum Gasteiger partial charge on any atom is 0.243 e. The second kappa shape index (κ2) is 7.35. The number of hydrogen-bond donors (Lipinski definition) is 0. The fourth-order valence-electron chi connectivity index (χ4n) is 3.53. The second-order valence-electron chi connectivity index (χ2n) is 7.73. The Morgan fingerprint density at radius 1 is 1.13 bits per heavy atom. The molecule has 1 atom stereocenters. The van der Waals surface area contributed by atoms with Gasteiger partial charge in [0.25, 0.3) is 0 Å². The van der Waals surface area contributed by atoms with E-state index in [0.29, 0.717) is 11.4 Å². The molecule has 130 valence electrons. The van der Waals surface area contributed by atoms with Gasteiger partial charge < -0.3 is 0 Å². The molecule has 3 nitrogen and oxygen atoms in total. The van der Waals surface area contributed by atoms with Crippen molar-refractivity contribution < 1.29 is 8.42 Å². The summed E-state index contributed by atoms with van der Waals surface area (Å²) in [6.07, 6.45) is 6.71. The van der Waals surface area contributed by atoms with Gasteiger partial charge in [0.15, 0.2) is 0 Å². The minimum Gasteiger partial charge on any atom is -0.207 e. The molecule has 4 heteroatoms. The van der Waals surface area contributed by atoms with E-state index in [2.05, 4.69) is 20.8 Å². The van der Waals surface area contributed by atoms with Crippen molar-refractivity contribution in [2.24, 2.45) is 5.41 Å². The molecule has 2 rings (SSSR count). The van der Waals surface area contributed by atoms with Crippen molar-refractivity contribution in [2.45, 2.75) is 77.2 Å². The molecule has 0 radical (unpaired) electrons. The summed E-state index contributed by atoms with van der Waals surface area (Å²) in [6.45, 7) is 9.16. The summed E-state index contributed by atoms with van der Waals surface area (Å²) >= 11 is 0. The minimum atomic E-state index is -3.39. The van der Waals surface area contributed by atoms with E-state index in [1.165, 1.54) is 19.3 Å². The summed E-state index contributed by atoms with van der Waals surface area (Å²) < 4.78 is 27.9. The number of unbranched alkanes of at least 4 members (excludes halogenated alkanes) is 3. The first kappa shape index (κ1) is 18.5. The molecule has 1 saturated heterocycles. The van der Waals surface area contributed by atoms with Crippen molar-refractivity contribution in [3.05, 3.63) is 29.8 Å². The first-order valence-corrected chi connectivity index (χ1v) is 10.3. The Morgan fingerprint density at radius 2 is 1.78 bits per heavy atom. The Kier molecular flexibility index (Phi) is 5.90. The lowest BCUT2D eigenvalue weighted by Gasteiger charge is -2.24. The quantitative estimate of drug-likeness (QED) is 0.673. The Balaban J connectivity index is 2.17. The van der Waals surface area contributed by atoms with Crippen LogP contribution in [-0.2, 0) is 10.0 Å². The smallest absolute Gasteiger partial charge is 0.207 e. The number of sulfonamides is 1. The molecule has 0 spiro atoms. The maximum atomic E-state index is 13.1. The number of benzene rings is 1. The molecule has 0 amide bonds. The van der Waals surface area contributed by atoms with Gasteiger partial charge in [-0.05, 0) is 37.3 Å². The van der Waals surface area contributed by atoms with E-state index in [1.54, 1.807) is 16.4 Å². The molecule has 1 fully saturated rings. The molecule has 0 N–H and O–H groups in total. The first-order valence-electron chi connectivity index (χ1n) is 8.85. The molecule has 1 unspecified atom stereocenters. The Hall–Kier alpha value is -0.870. The minimum absolute atomic E-state index is 0.0627. The normalized spacial score (nSPS) is 21.7. The van der Waals surface area contributed by atoms with Crippen molar-refractivity contribution in [2.75, 3.05) is 6.54 Å². The maximum absolute atomic E-state index is 13.1. The van der Waals surface area contributed by atoms with E-state index >= 15 is 0 Å². The summed E-state index contributed by atoms with van der Waals surface area (Å²) in [6, 6.07) is 7.39. The Morgan fingerprint density at radius 3 is 2.39 bits per heavy atom. The lowest BCUT2D eigenvalue weighted by atomic mass is 9.89. The molecule has 1 heterocycles. The third-order valence-corrected chi connectivity index (χ3v) is 6.71. The predicted molar refractivity (Wildman–Crippen MR) is 96.0 cm³/mol. The molecule has 23 heavy (non-hydrogen) atoms. The average molecular weight is 338 g/mol. The van der Waals surface area contributed by atoms with Crippen LogP contribution in [0.1, 0.15) is 64.9 Å². The van der Waals surface area contributed by atoms with Gasteiger partial charge in [0, 0.05) is 12.6 Å². The summed E-state index contributed by atoms with van der Waals surface area (Å²) in [5.41, 5.74) is 1.15. The molecule has 0 bridgehead atoms. The third-order valence-electron chi connectivity index (χ3n) is 4.80. The lowest BCUT2D eigenvalue weighted by Crippen LogP contribution is -2.36. The van der Waals surface area contributed by atoms with Crippen molar-refractivity contribution in [3.63, 3.8) is 0 Å². The summed E-state index contributed by atoms with van der Waals surface area (Å²) in [5, 5.41) is 0. The van der Waals surface area contributed by atoms with Crippen LogP contribution in [0, 0.1) is 12.3 Å². The van der Waals surface area contributed by atoms with Gasteiger partial charge in [-0.1, -0.05) is 64.2 Å². The highest BCUT2D eigenvalue weighted by molar-refractivity contribution is 7.89. The van der Waals surface area contributed by atoms with Crippen LogP contribution in [0.25, 0.3) is 0 Å². The SMILES string of the molecule is CCCCCCC1CC(C)(C)CN1S(=O)(=O)c1ccc(C)cc1. The Bertz CT molecular complexity index is 605. The van der Waals surface area contributed by atoms with E-state index in [-0.39, 0.29) is 11.5 Å². The molecular formula is C19H31NO2S. The second-order valence-corrected chi connectivity index (χ2v) is 9.63. The summed E-state index contributed by atoms with van der Waals surface area (Å²) in [4.78, 5) is 0.430. The van der Waals surface area contributed by atoms with Crippen molar-refractivity contribution >= 4 is 10.0 Å². The standard InChI is InChI=1S/C19H31NO2S/c1-5-6-7-8-9-17-14-19(3,4)15-20(17)23(21,22)18-12-10-16(2)11-13-18/h10-13,17H,5-9,14-15H2,1-4H3. The molecular weight excluding hydrogens is 306 g/mol. The lowest BCUT2D eigenvalue weighted by molar-refractivity contribution is 0.354. The van der Waals surface area contributed by atoms with Crippen LogP contribution in [0.3, 0.4) is 0 Å². The van der Waals surface area contributed by atoms with Gasteiger partial charge in [0.2, 0.25) is 10.0 Å². The Labute approximate surface area is 142 Å². The number of hydrogen-bond acceptors (Lipinski definition) is 2. The van der Waals surface area contributed by atoms with E-state index in [4.69, 9.17) is 0 Å². The molecule has 1 aliphatic heterocycles. The average Bonchev–Trinajstić information content (AvgIpc) is 2.80. The van der Waals surface area contributed by atoms with Gasteiger partial charge in [-0.25, -0.2) is 8.42 Å². The monoisotopic (exact) mass is 337 g/mol. The largest absolute Gasteiger partial charge is 0.243 e. The molecule has 0 aromatic heterocycles. The number of aryl methyl sites for hydroxylation is 1. The highest BCUT2D eigenvalue weighted by Gasteiger charge is 2.43. The van der Waals surface area contributed by atoms with Gasteiger partial charge in [0.1, 0.15) is 0 Å². The van der Waals surface area contributed by atoms with Crippen LogP contribution in [0.15, 0.2) is 29.2 Å². The molecule has 0 aliphatic carbocycles. The zero-order chi connectivity index (χ0) is 17.1. The van der Waals surface area contributed by atoms with Crippen LogP contribution in [0.5, 0.6) is 0 Å². The van der Waals surface area contributed by atoms with E-state index in [9.17, 15) is 8.42 Å². The van der Waals surface area contributed by atoms with Crippen LogP contribution in [-0.4, -0.2) is 25.3 Å². The van der Waals surface area contributed by atoms with Crippen molar-refractivity contribution in [3.8, 4) is 0 Å². The van der Waals surface area contributed by atoms with Crippen LogP contribution in [0.4, 0.5) is 0 Å². The zero-order valence-electron chi connectivity index (χ0n) is 15.0. The fraction of sp³-hybridized carbons (Fsp3) is 0.684. The molecule has 1 aromatic carbocycles. The van der Waals surface area contributed by atoms with Crippen molar-refractivity contribution in [1.29, 1.82) is 0 Å². The highest BCUT2D eigenvalue weighted by Crippen LogP contribution is 2.39. The molecule has 0 saturated carbocycles. The van der Waals surface area contributed by atoms with E-state index < -0.39 is 10.0 Å². The number of nitrogens with zero attached hydrogens (tertiary/aromatic N) is 1.